The first-order valence-electron chi connectivity index (χ1n) is 7.59. The molecule has 0 radical (unpaired) electrons. The van der Waals surface area contributed by atoms with Gasteiger partial charge in [-0.1, -0.05) is 13.8 Å². The number of ether oxygens (including phenoxy) is 4. The summed E-state index contributed by atoms with van der Waals surface area (Å²) in [6.07, 6.45) is -3.88. The molecule has 1 unspecified atom stereocenters. The molecule has 1 N–H and O–H groups in total. The molecule has 1 aliphatic rings. The van der Waals surface area contributed by atoms with Crippen molar-refractivity contribution < 1.29 is 38.4 Å². The lowest BCUT2D eigenvalue weighted by molar-refractivity contribution is -0.228. The minimum Gasteiger partial charge on any atom is -0.467 e. The summed E-state index contributed by atoms with van der Waals surface area (Å²) in [5.41, 5.74) is 0. The molecule has 4 atom stereocenters. The summed E-state index contributed by atoms with van der Waals surface area (Å²) in [6, 6.07) is -0.864. The molecule has 0 spiro atoms. The van der Waals surface area contributed by atoms with Crippen molar-refractivity contribution in [1.82, 2.24) is 4.90 Å². The average molecular weight is 347 g/mol. The summed E-state index contributed by atoms with van der Waals surface area (Å²) < 4.78 is 19.6. The summed E-state index contributed by atoms with van der Waals surface area (Å²) in [6.45, 7) is 3.77. The van der Waals surface area contributed by atoms with Crippen LogP contribution in [-0.2, 0) is 33.3 Å². The van der Waals surface area contributed by atoms with Gasteiger partial charge in [0.15, 0.2) is 18.5 Å². The summed E-state index contributed by atoms with van der Waals surface area (Å²) >= 11 is 0. The molecule has 1 heterocycles. The maximum atomic E-state index is 12.7. The Labute approximate surface area is 140 Å². The fraction of sp³-hybridized carbons (Fsp3) is 0.800. The molecular weight excluding hydrogens is 322 g/mol. The number of nitrogens with zero attached hydrogens (tertiary/aromatic N) is 1. The molecule has 0 aromatic rings. The number of carbonyl (C=O) groups is 3. The molecule has 0 aliphatic carbocycles. The smallest absolute Gasteiger partial charge is 0.338 e. The number of esters is 2. The van der Waals surface area contributed by atoms with E-state index in [1.807, 2.05) is 13.8 Å². The first-order chi connectivity index (χ1) is 11.3. The standard InChI is InChI=1S/C15H25NO8/c1-8(2)6-9(14(19)22-4)16-7-10(21-3)24-12(13(16)18)11(17)15(20)23-5/h8-12,17H,6-7H2,1-5H3/t9-,10?,11-,12-/m0/s1. The average Bonchev–Trinajstić information content (AvgIpc) is 2.57. The quantitative estimate of drug-likeness (QED) is 0.602. The number of methoxy groups -OCH3 is 3. The van der Waals surface area contributed by atoms with E-state index in [4.69, 9.17) is 14.2 Å². The fourth-order valence-electron chi connectivity index (χ4n) is 2.48. The van der Waals surface area contributed by atoms with Gasteiger partial charge in [0, 0.05) is 7.11 Å². The fourth-order valence-corrected chi connectivity index (χ4v) is 2.48. The molecule has 1 fully saturated rings. The highest BCUT2D eigenvalue weighted by Crippen LogP contribution is 2.23. The second kappa shape index (κ2) is 8.95. The van der Waals surface area contributed by atoms with Crippen LogP contribution in [0.2, 0.25) is 0 Å². The van der Waals surface area contributed by atoms with E-state index in [2.05, 4.69) is 4.74 Å². The zero-order valence-corrected chi connectivity index (χ0v) is 14.6. The molecule has 138 valence electrons. The summed E-state index contributed by atoms with van der Waals surface area (Å²) in [5, 5.41) is 9.98. The van der Waals surface area contributed by atoms with Crippen molar-refractivity contribution in [1.29, 1.82) is 0 Å². The molecule has 0 saturated carbocycles. The number of amides is 1. The number of morpholine rings is 1. The molecule has 1 amide bonds. The Hall–Kier alpha value is -1.71. The van der Waals surface area contributed by atoms with Gasteiger partial charge in [-0.2, -0.15) is 0 Å². The first kappa shape index (κ1) is 20.3. The lowest BCUT2D eigenvalue weighted by atomic mass is 10.00. The van der Waals surface area contributed by atoms with Crippen molar-refractivity contribution in [2.75, 3.05) is 27.9 Å². The number of hydrogen-bond acceptors (Lipinski definition) is 8. The molecule has 1 aliphatic heterocycles. The Balaban J connectivity index is 3.11. The van der Waals surface area contributed by atoms with Crippen molar-refractivity contribution in [2.45, 2.75) is 44.8 Å². The number of carbonyl (C=O) groups excluding carboxylic acids is 3. The molecule has 0 aromatic heterocycles. The predicted octanol–water partition coefficient (Wildman–Crippen LogP) is -0.692. The molecule has 1 saturated heterocycles. The van der Waals surface area contributed by atoms with Crippen LogP contribution in [0, 0.1) is 5.92 Å². The molecular formula is C15H25NO8. The molecule has 9 nitrogen and oxygen atoms in total. The maximum Gasteiger partial charge on any atom is 0.338 e. The second-order valence-corrected chi connectivity index (χ2v) is 5.85. The third-order valence-electron chi connectivity index (χ3n) is 3.71. The van der Waals surface area contributed by atoms with E-state index in [-0.39, 0.29) is 12.5 Å². The van der Waals surface area contributed by atoms with Crippen LogP contribution < -0.4 is 0 Å². The van der Waals surface area contributed by atoms with E-state index in [0.29, 0.717) is 6.42 Å². The molecule has 24 heavy (non-hydrogen) atoms. The van der Waals surface area contributed by atoms with Crippen molar-refractivity contribution in [2.24, 2.45) is 5.92 Å². The maximum absolute atomic E-state index is 12.7. The van der Waals surface area contributed by atoms with Crippen molar-refractivity contribution in [3.8, 4) is 0 Å². The molecule has 0 aromatic carbocycles. The lowest BCUT2D eigenvalue weighted by Gasteiger charge is -2.41. The third-order valence-corrected chi connectivity index (χ3v) is 3.71. The number of aliphatic hydroxyl groups excluding tert-OH is 1. The highest BCUT2D eigenvalue weighted by atomic mass is 16.7. The molecule has 0 bridgehead atoms. The zero-order valence-electron chi connectivity index (χ0n) is 14.6. The number of aliphatic hydroxyl groups is 1. The predicted molar refractivity (Wildman–Crippen MR) is 80.7 cm³/mol. The van der Waals surface area contributed by atoms with Crippen molar-refractivity contribution in [3.05, 3.63) is 0 Å². The van der Waals surface area contributed by atoms with Gasteiger partial charge in [-0.25, -0.2) is 9.59 Å². The third kappa shape index (κ3) is 4.65. The Morgan fingerprint density at radius 2 is 1.83 bits per heavy atom. The summed E-state index contributed by atoms with van der Waals surface area (Å²) in [7, 11) is 3.67. The van der Waals surface area contributed by atoms with Gasteiger partial charge >= 0.3 is 11.9 Å². The van der Waals surface area contributed by atoms with E-state index < -0.39 is 42.4 Å². The van der Waals surface area contributed by atoms with Gasteiger partial charge in [-0.05, 0) is 12.3 Å². The zero-order chi connectivity index (χ0) is 18.4. The molecule has 1 rings (SSSR count). The lowest BCUT2D eigenvalue weighted by Crippen LogP contribution is -2.62. The number of hydrogen-bond donors (Lipinski definition) is 1. The topological polar surface area (TPSA) is 112 Å². The SMILES string of the molecule is COC(=O)[C@@H](O)[C@@H]1OC(OC)CN([C@@H](CC(C)C)C(=O)OC)C1=O. The van der Waals surface area contributed by atoms with E-state index in [9.17, 15) is 19.5 Å². The van der Waals surface area contributed by atoms with Crippen molar-refractivity contribution in [3.63, 3.8) is 0 Å². The van der Waals surface area contributed by atoms with Crippen LogP contribution >= 0.6 is 0 Å². The highest BCUT2D eigenvalue weighted by Gasteiger charge is 2.46. The Kier molecular flexibility index (Phi) is 7.59. The normalized spacial score (nSPS) is 23.8. The van der Waals surface area contributed by atoms with Gasteiger partial charge in [0.25, 0.3) is 5.91 Å². The summed E-state index contributed by atoms with van der Waals surface area (Å²) in [5.74, 6) is -2.18. The highest BCUT2D eigenvalue weighted by molar-refractivity contribution is 5.92. The van der Waals surface area contributed by atoms with Gasteiger partial charge in [0.1, 0.15) is 6.04 Å². The van der Waals surface area contributed by atoms with E-state index in [0.717, 1.165) is 7.11 Å². The van der Waals surface area contributed by atoms with Crippen LogP contribution in [0.5, 0.6) is 0 Å². The van der Waals surface area contributed by atoms with Gasteiger partial charge in [0.2, 0.25) is 0 Å². The minimum atomic E-state index is -1.82. The van der Waals surface area contributed by atoms with Crippen LogP contribution in [0.1, 0.15) is 20.3 Å². The van der Waals surface area contributed by atoms with Crippen LogP contribution in [0.25, 0.3) is 0 Å². The minimum absolute atomic E-state index is 0.0216. The van der Waals surface area contributed by atoms with Crippen LogP contribution in [0.15, 0.2) is 0 Å². The second-order valence-electron chi connectivity index (χ2n) is 5.85. The summed E-state index contributed by atoms with van der Waals surface area (Å²) in [4.78, 5) is 37.5. The first-order valence-corrected chi connectivity index (χ1v) is 7.59. The van der Waals surface area contributed by atoms with Gasteiger partial charge in [0.05, 0.1) is 20.8 Å². The van der Waals surface area contributed by atoms with Gasteiger partial charge < -0.3 is 29.0 Å². The van der Waals surface area contributed by atoms with Gasteiger partial charge in [-0.15, -0.1) is 0 Å². The van der Waals surface area contributed by atoms with Crippen LogP contribution in [0.4, 0.5) is 0 Å². The van der Waals surface area contributed by atoms with E-state index in [1.54, 1.807) is 0 Å². The molecule has 9 heteroatoms. The van der Waals surface area contributed by atoms with Crippen LogP contribution in [-0.4, -0.2) is 80.3 Å². The van der Waals surface area contributed by atoms with Gasteiger partial charge in [-0.3, -0.25) is 4.79 Å². The van der Waals surface area contributed by atoms with E-state index >= 15 is 0 Å². The van der Waals surface area contributed by atoms with Crippen LogP contribution in [0.3, 0.4) is 0 Å². The van der Waals surface area contributed by atoms with E-state index in [1.165, 1.54) is 19.1 Å². The monoisotopic (exact) mass is 347 g/mol. The Morgan fingerprint density at radius 1 is 1.25 bits per heavy atom. The Bertz CT molecular complexity index is 466. The Morgan fingerprint density at radius 3 is 2.29 bits per heavy atom. The largest absolute Gasteiger partial charge is 0.467 e. The number of rotatable bonds is 7. The van der Waals surface area contributed by atoms with Crippen molar-refractivity contribution >= 4 is 17.8 Å².